The number of guanidine groups is 1. The monoisotopic (exact) mass is 432 g/mol. The van der Waals surface area contributed by atoms with Crippen LogP contribution in [0.5, 0.6) is 5.75 Å². The molecule has 0 radical (unpaired) electrons. The molecule has 0 amide bonds. The maximum absolute atomic E-state index is 6.12. The van der Waals surface area contributed by atoms with Crippen molar-refractivity contribution in [3.63, 3.8) is 0 Å². The van der Waals surface area contributed by atoms with Crippen molar-refractivity contribution >= 4 is 28.9 Å². The molecule has 0 fully saturated rings. The van der Waals surface area contributed by atoms with E-state index in [1.165, 1.54) is 4.88 Å². The molecular weight excluding hydrogens is 408 g/mol. The number of aryl methyl sites for hydroxylation is 1. The van der Waals surface area contributed by atoms with Gasteiger partial charge in [0.2, 0.25) is 0 Å². The van der Waals surface area contributed by atoms with Gasteiger partial charge in [0.15, 0.2) is 11.8 Å². The lowest BCUT2D eigenvalue weighted by molar-refractivity contribution is 0.322. The summed E-state index contributed by atoms with van der Waals surface area (Å²) < 4.78 is 7.67. The molecule has 9 heteroatoms. The third-order valence-electron chi connectivity index (χ3n) is 4.29. The van der Waals surface area contributed by atoms with E-state index in [0.717, 1.165) is 24.6 Å². The second kappa shape index (κ2) is 10.8. The molecule has 3 rings (SSSR count). The highest BCUT2D eigenvalue weighted by Crippen LogP contribution is 2.22. The van der Waals surface area contributed by atoms with Crippen molar-refractivity contribution < 1.29 is 4.74 Å². The lowest BCUT2D eigenvalue weighted by Crippen LogP contribution is -2.40. The van der Waals surface area contributed by atoms with Crippen LogP contribution in [0.25, 0.3) is 0 Å². The van der Waals surface area contributed by atoms with E-state index in [9.17, 15) is 0 Å². The molecule has 0 atom stereocenters. The smallest absolute Gasteiger partial charge is 0.191 e. The van der Waals surface area contributed by atoms with Gasteiger partial charge in [0, 0.05) is 18.5 Å². The van der Waals surface area contributed by atoms with Gasteiger partial charge >= 0.3 is 0 Å². The Labute approximate surface area is 179 Å². The van der Waals surface area contributed by atoms with Crippen molar-refractivity contribution in [3.8, 4) is 5.75 Å². The molecule has 0 aliphatic heterocycles. The highest BCUT2D eigenvalue weighted by molar-refractivity contribution is 7.09. The minimum Gasteiger partial charge on any atom is -0.490 e. The van der Waals surface area contributed by atoms with Crippen LogP contribution in [0.15, 0.2) is 46.8 Å². The molecule has 1 aromatic carbocycles. The molecule has 0 unspecified atom stereocenters. The summed E-state index contributed by atoms with van der Waals surface area (Å²) in [5.41, 5.74) is 0. The molecule has 0 saturated heterocycles. The Hall–Kier alpha value is -2.58. The summed E-state index contributed by atoms with van der Waals surface area (Å²) in [4.78, 5) is 5.98. The fraction of sp³-hybridized carbons (Fsp3) is 0.350. The zero-order valence-electron chi connectivity index (χ0n) is 16.6. The minimum absolute atomic E-state index is 0.442. The largest absolute Gasteiger partial charge is 0.490 e. The number of aliphatic imine (C=N–C) groups is 1. The number of ether oxygens (including phenoxy) is 1. The summed E-state index contributed by atoms with van der Waals surface area (Å²) in [6.45, 7) is 4.21. The van der Waals surface area contributed by atoms with E-state index < -0.39 is 0 Å². The number of nitrogens with zero attached hydrogens (tertiary/aromatic N) is 4. The Balaban J connectivity index is 1.53. The van der Waals surface area contributed by atoms with E-state index in [4.69, 9.17) is 16.3 Å². The van der Waals surface area contributed by atoms with Gasteiger partial charge in [-0.1, -0.05) is 29.8 Å². The van der Waals surface area contributed by atoms with Gasteiger partial charge in [-0.2, -0.15) is 0 Å². The summed E-state index contributed by atoms with van der Waals surface area (Å²) >= 11 is 7.88. The molecule has 2 N–H and O–H groups in total. The zero-order chi connectivity index (χ0) is 20.5. The number of rotatable bonds is 9. The molecule has 3 aromatic rings. The van der Waals surface area contributed by atoms with E-state index in [2.05, 4.69) is 43.3 Å². The summed E-state index contributed by atoms with van der Waals surface area (Å²) in [5, 5.41) is 17.6. The molecule has 29 heavy (non-hydrogen) atoms. The van der Waals surface area contributed by atoms with E-state index in [1.807, 2.05) is 42.8 Å². The van der Waals surface area contributed by atoms with Gasteiger partial charge in [0.05, 0.1) is 11.6 Å². The van der Waals surface area contributed by atoms with Crippen molar-refractivity contribution in [2.75, 3.05) is 19.7 Å². The Morgan fingerprint density at radius 3 is 2.72 bits per heavy atom. The molecular formula is C20H25ClN6OS. The number of nitrogens with one attached hydrogen (secondary N) is 2. The molecule has 2 heterocycles. The first-order valence-electron chi connectivity index (χ1n) is 9.40. The number of thiophene rings is 1. The number of hydrogen-bond acceptors (Lipinski definition) is 5. The number of hydrogen-bond donors (Lipinski definition) is 2. The Morgan fingerprint density at radius 1 is 1.17 bits per heavy atom. The third kappa shape index (κ3) is 6.47. The second-order valence-corrected chi connectivity index (χ2v) is 7.79. The highest BCUT2D eigenvalue weighted by Gasteiger charge is 2.06. The normalized spacial score (nSPS) is 11.5. The molecule has 0 aliphatic rings. The average molecular weight is 433 g/mol. The lowest BCUT2D eigenvalue weighted by atomic mass is 10.3. The first-order valence-corrected chi connectivity index (χ1v) is 10.7. The van der Waals surface area contributed by atoms with Gasteiger partial charge in [-0.05, 0) is 36.9 Å². The predicted octanol–water partition coefficient (Wildman–Crippen LogP) is 3.20. The first-order chi connectivity index (χ1) is 14.1. The van der Waals surface area contributed by atoms with Crippen molar-refractivity contribution in [1.29, 1.82) is 0 Å². The van der Waals surface area contributed by atoms with Crippen LogP contribution in [0.1, 0.15) is 16.5 Å². The lowest BCUT2D eigenvalue weighted by Gasteiger charge is -2.13. The topological polar surface area (TPSA) is 76.4 Å². The maximum Gasteiger partial charge on any atom is 0.191 e. The molecule has 0 spiro atoms. The number of aromatic nitrogens is 3. The second-order valence-electron chi connectivity index (χ2n) is 6.35. The molecule has 2 aromatic heterocycles. The Kier molecular flexibility index (Phi) is 7.89. The Bertz CT molecular complexity index is 925. The van der Waals surface area contributed by atoms with E-state index in [1.54, 1.807) is 11.3 Å². The van der Waals surface area contributed by atoms with Crippen LogP contribution >= 0.6 is 22.9 Å². The van der Waals surface area contributed by atoms with Gasteiger partial charge in [-0.25, -0.2) is 4.99 Å². The summed E-state index contributed by atoms with van der Waals surface area (Å²) in [6.07, 6.45) is 0.942. The summed E-state index contributed by atoms with van der Waals surface area (Å²) in [7, 11) is 1.94. The van der Waals surface area contributed by atoms with Crippen LogP contribution in [0, 0.1) is 6.92 Å². The van der Waals surface area contributed by atoms with Crippen molar-refractivity contribution in [1.82, 2.24) is 25.4 Å². The van der Waals surface area contributed by atoms with Gasteiger partial charge in [-0.15, -0.1) is 21.5 Å². The highest BCUT2D eigenvalue weighted by atomic mass is 35.5. The van der Waals surface area contributed by atoms with Crippen molar-refractivity contribution in [2.24, 2.45) is 12.0 Å². The molecule has 0 saturated carbocycles. The van der Waals surface area contributed by atoms with Crippen LogP contribution < -0.4 is 15.4 Å². The van der Waals surface area contributed by atoms with Crippen LogP contribution in [0.2, 0.25) is 5.02 Å². The maximum atomic E-state index is 6.12. The fourth-order valence-electron chi connectivity index (χ4n) is 2.56. The van der Waals surface area contributed by atoms with Crippen LogP contribution in [-0.4, -0.2) is 40.4 Å². The van der Waals surface area contributed by atoms with Crippen LogP contribution in [-0.2, 0) is 20.0 Å². The van der Waals surface area contributed by atoms with Crippen molar-refractivity contribution in [2.45, 2.75) is 19.9 Å². The van der Waals surface area contributed by atoms with Crippen LogP contribution in [0.3, 0.4) is 0 Å². The summed E-state index contributed by atoms with van der Waals surface area (Å²) in [5.74, 6) is 3.07. The number of halogens is 1. The van der Waals surface area contributed by atoms with Crippen molar-refractivity contribution in [3.05, 3.63) is 63.3 Å². The van der Waals surface area contributed by atoms with Gasteiger partial charge in [-0.3, -0.25) is 0 Å². The van der Waals surface area contributed by atoms with Crippen LogP contribution in [0.4, 0.5) is 0 Å². The molecule has 0 aliphatic carbocycles. The first kappa shape index (κ1) is 21.1. The Morgan fingerprint density at radius 2 is 2.00 bits per heavy atom. The van der Waals surface area contributed by atoms with E-state index in [0.29, 0.717) is 36.4 Å². The van der Waals surface area contributed by atoms with E-state index >= 15 is 0 Å². The molecule has 0 bridgehead atoms. The van der Waals surface area contributed by atoms with Gasteiger partial charge in [0.25, 0.3) is 0 Å². The zero-order valence-corrected chi connectivity index (χ0v) is 18.1. The van der Waals surface area contributed by atoms with Gasteiger partial charge < -0.3 is 19.9 Å². The SMILES string of the molecule is Cc1nnc(CN=C(NCCOc2ccccc2Cl)NCCc2cccs2)n1C. The van der Waals surface area contributed by atoms with E-state index in [-0.39, 0.29) is 0 Å². The number of para-hydroxylation sites is 1. The molecule has 154 valence electrons. The third-order valence-corrected chi connectivity index (χ3v) is 5.54. The predicted molar refractivity (Wildman–Crippen MR) is 118 cm³/mol. The summed E-state index contributed by atoms with van der Waals surface area (Å²) in [6, 6.07) is 11.6. The van der Waals surface area contributed by atoms with Gasteiger partial charge in [0.1, 0.15) is 24.7 Å². The number of benzene rings is 1. The molecule has 7 nitrogen and oxygen atoms in total. The average Bonchev–Trinajstić information content (AvgIpc) is 3.35. The standard InChI is InChI=1S/C20H25ClN6OS/c1-15-25-26-19(27(15)2)14-24-20(22-10-9-16-6-5-13-29-16)23-11-12-28-18-8-4-3-7-17(18)21/h3-8,13H,9-12,14H2,1-2H3,(H2,22,23,24). The minimum atomic E-state index is 0.442. The fourth-order valence-corrected chi connectivity index (χ4v) is 3.46. The quantitative estimate of drug-likeness (QED) is 0.308.